The molecule has 0 aliphatic heterocycles. The van der Waals surface area contributed by atoms with Gasteiger partial charge in [-0.1, -0.05) is 25.4 Å². The average Bonchev–Trinajstić information content (AvgIpc) is 2.98. The predicted molar refractivity (Wildman–Crippen MR) is 57.7 cm³/mol. The Labute approximate surface area is 89.7 Å². The minimum atomic E-state index is 0.409. The zero-order chi connectivity index (χ0) is 10.1. The summed E-state index contributed by atoms with van der Waals surface area (Å²) in [5, 5.41) is 0.595. The van der Waals surface area contributed by atoms with Crippen LogP contribution in [0.4, 0.5) is 0 Å². The van der Waals surface area contributed by atoms with Crippen molar-refractivity contribution in [2.75, 3.05) is 0 Å². The van der Waals surface area contributed by atoms with Crippen molar-refractivity contribution in [1.29, 1.82) is 0 Å². The Balaban J connectivity index is 2.30. The molecule has 3 heteroatoms. The van der Waals surface area contributed by atoms with Crippen molar-refractivity contribution in [3.05, 3.63) is 22.7 Å². The smallest absolute Gasteiger partial charge is 0.133 e. The molecule has 0 aromatic carbocycles. The van der Waals surface area contributed by atoms with Crippen molar-refractivity contribution in [2.24, 2.45) is 0 Å². The molecule has 1 fully saturated rings. The molecule has 1 aliphatic carbocycles. The Morgan fingerprint density at radius 1 is 1.50 bits per heavy atom. The Bertz CT molecular complexity index is 334. The van der Waals surface area contributed by atoms with Crippen LogP contribution in [0.3, 0.4) is 0 Å². The molecule has 1 unspecified atom stereocenters. The molecule has 14 heavy (non-hydrogen) atoms. The fourth-order valence-corrected chi connectivity index (χ4v) is 1.64. The first kappa shape index (κ1) is 9.91. The lowest BCUT2D eigenvalue weighted by Gasteiger charge is -2.08. The van der Waals surface area contributed by atoms with Gasteiger partial charge in [0.25, 0.3) is 0 Å². The van der Waals surface area contributed by atoms with E-state index in [2.05, 4.69) is 23.8 Å². The molecule has 1 atom stereocenters. The first-order chi connectivity index (χ1) is 6.70. The lowest BCUT2D eigenvalue weighted by Crippen LogP contribution is -2.02. The van der Waals surface area contributed by atoms with Crippen LogP contribution in [0.15, 0.2) is 6.07 Å². The second-order valence-corrected chi connectivity index (χ2v) is 4.44. The van der Waals surface area contributed by atoms with Crippen LogP contribution in [-0.4, -0.2) is 9.97 Å². The molecule has 0 N–H and O–H groups in total. The Hall–Kier alpha value is -0.630. The normalized spacial score (nSPS) is 18.2. The molecule has 2 rings (SSSR count). The molecule has 0 saturated heterocycles. The van der Waals surface area contributed by atoms with Crippen LogP contribution in [0, 0.1) is 0 Å². The van der Waals surface area contributed by atoms with Gasteiger partial charge in [0, 0.05) is 17.5 Å². The SMILES string of the molecule is CCC(C)c1nc(Cl)cc(C2CC2)n1. The van der Waals surface area contributed by atoms with Gasteiger partial charge in [-0.05, 0) is 25.3 Å². The lowest BCUT2D eigenvalue weighted by atomic mass is 10.1. The topological polar surface area (TPSA) is 25.8 Å². The zero-order valence-corrected chi connectivity index (χ0v) is 9.38. The van der Waals surface area contributed by atoms with E-state index >= 15 is 0 Å². The highest BCUT2D eigenvalue weighted by molar-refractivity contribution is 6.29. The minimum Gasteiger partial charge on any atom is -0.237 e. The molecule has 1 heterocycles. The fourth-order valence-electron chi connectivity index (χ4n) is 1.44. The summed E-state index contributed by atoms with van der Waals surface area (Å²) < 4.78 is 0. The monoisotopic (exact) mass is 210 g/mol. The standard InChI is InChI=1S/C11H15ClN2/c1-3-7(2)11-13-9(8-4-5-8)6-10(12)14-11/h6-8H,3-5H2,1-2H3. The van der Waals surface area contributed by atoms with E-state index < -0.39 is 0 Å². The van der Waals surface area contributed by atoms with E-state index in [1.165, 1.54) is 12.8 Å². The van der Waals surface area contributed by atoms with Crippen molar-refractivity contribution in [3.63, 3.8) is 0 Å². The number of aromatic nitrogens is 2. The summed E-state index contributed by atoms with van der Waals surface area (Å²) in [5.41, 5.74) is 1.14. The van der Waals surface area contributed by atoms with Gasteiger partial charge in [-0.25, -0.2) is 9.97 Å². The summed E-state index contributed by atoms with van der Waals surface area (Å²) >= 11 is 5.97. The van der Waals surface area contributed by atoms with E-state index in [4.69, 9.17) is 11.6 Å². The van der Waals surface area contributed by atoms with Gasteiger partial charge >= 0.3 is 0 Å². The molecule has 0 radical (unpaired) electrons. The number of hydrogen-bond donors (Lipinski definition) is 0. The maximum atomic E-state index is 5.97. The maximum absolute atomic E-state index is 5.97. The van der Waals surface area contributed by atoms with E-state index in [1.54, 1.807) is 0 Å². The third-order valence-electron chi connectivity index (χ3n) is 2.78. The van der Waals surface area contributed by atoms with Crippen LogP contribution in [-0.2, 0) is 0 Å². The fraction of sp³-hybridized carbons (Fsp3) is 0.636. The zero-order valence-electron chi connectivity index (χ0n) is 8.63. The third-order valence-corrected chi connectivity index (χ3v) is 2.97. The predicted octanol–water partition coefficient (Wildman–Crippen LogP) is 3.52. The van der Waals surface area contributed by atoms with E-state index in [0.717, 1.165) is 17.9 Å². The van der Waals surface area contributed by atoms with Gasteiger partial charge in [-0.3, -0.25) is 0 Å². The highest BCUT2D eigenvalue weighted by atomic mass is 35.5. The molecule has 0 amide bonds. The summed E-state index contributed by atoms with van der Waals surface area (Å²) in [4.78, 5) is 8.84. The van der Waals surface area contributed by atoms with Crippen LogP contribution in [0.25, 0.3) is 0 Å². The second kappa shape index (κ2) is 3.85. The van der Waals surface area contributed by atoms with Crippen LogP contribution in [0.2, 0.25) is 5.15 Å². The van der Waals surface area contributed by atoms with Crippen molar-refractivity contribution >= 4 is 11.6 Å². The quantitative estimate of drug-likeness (QED) is 0.714. The van der Waals surface area contributed by atoms with Gasteiger partial charge < -0.3 is 0 Å². The Morgan fingerprint density at radius 3 is 2.79 bits per heavy atom. The maximum Gasteiger partial charge on any atom is 0.133 e. The van der Waals surface area contributed by atoms with E-state index in [9.17, 15) is 0 Å². The number of halogens is 1. The second-order valence-electron chi connectivity index (χ2n) is 4.06. The lowest BCUT2D eigenvalue weighted by molar-refractivity contribution is 0.670. The molecule has 0 spiro atoms. The highest BCUT2D eigenvalue weighted by Gasteiger charge is 2.26. The van der Waals surface area contributed by atoms with Gasteiger partial charge in [-0.2, -0.15) is 0 Å². The van der Waals surface area contributed by atoms with Gasteiger partial charge in [0.2, 0.25) is 0 Å². The van der Waals surface area contributed by atoms with Crippen molar-refractivity contribution in [2.45, 2.75) is 44.9 Å². The summed E-state index contributed by atoms with van der Waals surface area (Å²) in [5.74, 6) is 1.96. The van der Waals surface area contributed by atoms with Crippen molar-refractivity contribution in [3.8, 4) is 0 Å². The first-order valence-electron chi connectivity index (χ1n) is 5.25. The molecule has 1 saturated carbocycles. The largest absolute Gasteiger partial charge is 0.237 e. The summed E-state index contributed by atoms with van der Waals surface area (Å²) in [7, 11) is 0. The molecule has 76 valence electrons. The van der Waals surface area contributed by atoms with Gasteiger partial charge in [0.15, 0.2) is 0 Å². The van der Waals surface area contributed by atoms with Crippen LogP contribution in [0.1, 0.15) is 56.5 Å². The highest BCUT2D eigenvalue weighted by Crippen LogP contribution is 2.39. The molecule has 2 nitrogen and oxygen atoms in total. The molecular formula is C11H15ClN2. The van der Waals surface area contributed by atoms with Crippen LogP contribution in [0.5, 0.6) is 0 Å². The minimum absolute atomic E-state index is 0.409. The molecule has 1 aromatic heterocycles. The van der Waals surface area contributed by atoms with Crippen molar-refractivity contribution in [1.82, 2.24) is 9.97 Å². The molecule has 1 aromatic rings. The van der Waals surface area contributed by atoms with E-state index in [0.29, 0.717) is 17.0 Å². The summed E-state index contributed by atoms with van der Waals surface area (Å²) in [6.45, 7) is 4.29. The third kappa shape index (κ3) is 2.06. The first-order valence-corrected chi connectivity index (χ1v) is 5.63. The van der Waals surface area contributed by atoms with E-state index in [1.807, 2.05) is 6.07 Å². The molecule has 1 aliphatic rings. The summed E-state index contributed by atoms with van der Waals surface area (Å²) in [6, 6.07) is 1.91. The van der Waals surface area contributed by atoms with Crippen LogP contribution >= 0.6 is 11.6 Å². The Kier molecular flexibility index (Phi) is 2.73. The molecular weight excluding hydrogens is 196 g/mol. The number of nitrogens with zero attached hydrogens (tertiary/aromatic N) is 2. The Morgan fingerprint density at radius 2 is 2.21 bits per heavy atom. The number of hydrogen-bond acceptors (Lipinski definition) is 2. The average molecular weight is 211 g/mol. The van der Waals surface area contributed by atoms with Gasteiger partial charge in [-0.15, -0.1) is 0 Å². The van der Waals surface area contributed by atoms with Gasteiger partial charge in [0.05, 0.1) is 0 Å². The van der Waals surface area contributed by atoms with E-state index in [-0.39, 0.29) is 0 Å². The van der Waals surface area contributed by atoms with Crippen molar-refractivity contribution < 1.29 is 0 Å². The number of rotatable bonds is 3. The van der Waals surface area contributed by atoms with Crippen LogP contribution < -0.4 is 0 Å². The molecule has 0 bridgehead atoms. The van der Waals surface area contributed by atoms with Gasteiger partial charge in [0.1, 0.15) is 11.0 Å². The summed E-state index contributed by atoms with van der Waals surface area (Å²) in [6.07, 6.45) is 3.57.